The summed E-state index contributed by atoms with van der Waals surface area (Å²) < 4.78 is 0. The molecule has 4 heteroatoms. The standard InChI is InChI=1S/C16H22N2OS/c1-5-12(3)15-14(10-19)20-16(17-15)18(4)13-8-6-7-11(2)9-13/h6-9,12,19H,5,10H2,1-4H3. The van der Waals surface area contributed by atoms with E-state index in [4.69, 9.17) is 4.98 Å². The summed E-state index contributed by atoms with van der Waals surface area (Å²) in [6.07, 6.45) is 1.03. The van der Waals surface area contributed by atoms with Gasteiger partial charge in [0.2, 0.25) is 0 Å². The van der Waals surface area contributed by atoms with E-state index in [2.05, 4.69) is 49.9 Å². The second kappa shape index (κ2) is 6.37. The van der Waals surface area contributed by atoms with Crippen LogP contribution in [-0.4, -0.2) is 17.1 Å². The van der Waals surface area contributed by atoms with Crippen LogP contribution in [0.5, 0.6) is 0 Å². The zero-order valence-electron chi connectivity index (χ0n) is 12.6. The molecule has 1 unspecified atom stereocenters. The van der Waals surface area contributed by atoms with Gasteiger partial charge in [-0.2, -0.15) is 0 Å². The number of hydrogen-bond donors (Lipinski definition) is 1. The number of hydrogen-bond acceptors (Lipinski definition) is 4. The monoisotopic (exact) mass is 290 g/mol. The van der Waals surface area contributed by atoms with Crippen LogP contribution < -0.4 is 4.90 Å². The molecular formula is C16H22N2OS. The highest BCUT2D eigenvalue weighted by molar-refractivity contribution is 7.15. The Morgan fingerprint density at radius 2 is 2.15 bits per heavy atom. The lowest BCUT2D eigenvalue weighted by atomic mass is 10.0. The third-order valence-electron chi connectivity index (χ3n) is 3.61. The van der Waals surface area contributed by atoms with Crippen molar-refractivity contribution in [2.45, 2.75) is 39.7 Å². The maximum absolute atomic E-state index is 9.52. The molecule has 3 nitrogen and oxygen atoms in total. The molecule has 2 aromatic rings. The Hall–Kier alpha value is -1.39. The first kappa shape index (κ1) is 15.0. The molecule has 0 spiro atoms. The number of aliphatic hydroxyl groups excluding tert-OH is 1. The number of rotatable bonds is 5. The van der Waals surface area contributed by atoms with Crippen LogP contribution in [0.15, 0.2) is 24.3 Å². The van der Waals surface area contributed by atoms with E-state index < -0.39 is 0 Å². The molecule has 0 saturated heterocycles. The van der Waals surface area contributed by atoms with Crippen LogP contribution in [0.2, 0.25) is 0 Å². The third kappa shape index (κ3) is 3.02. The van der Waals surface area contributed by atoms with Gasteiger partial charge in [-0.25, -0.2) is 4.98 Å². The molecule has 20 heavy (non-hydrogen) atoms. The van der Waals surface area contributed by atoms with E-state index in [1.165, 1.54) is 5.56 Å². The van der Waals surface area contributed by atoms with E-state index in [-0.39, 0.29) is 6.61 Å². The Labute approximate surface area is 124 Å². The predicted molar refractivity (Wildman–Crippen MR) is 86.0 cm³/mol. The maximum Gasteiger partial charge on any atom is 0.190 e. The smallest absolute Gasteiger partial charge is 0.190 e. The lowest BCUT2D eigenvalue weighted by Gasteiger charge is -2.16. The molecule has 0 amide bonds. The highest BCUT2D eigenvalue weighted by atomic mass is 32.1. The van der Waals surface area contributed by atoms with Crippen LogP contribution in [0, 0.1) is 6.92 Å². The molecule has 1 atom stereocenters. The SMILES string of the molecule is CCC(C)c1nc(N(C)c2cccc(C)c2)sc1CO. The van der Waals surface area contributed by atoms with Gasteiger partial charge in [-0.3, -0.25) is 0 Å². The molecule has 0 aliphatic carbocycles. The zero-order valence-corrected chi connectivity index (χ0v) is 13.4. The van der Waals surface area contributed by atoms with Gasteiger partial charge >= 0.3 is 0 Å². The first-order valence-electron chi connectivity index (χ1n) is 6.97. The Balaban J connectivity index is 2.35. The van der Waals surface area contributed by atoms with Gasteiger partial charge in [0.15, 0.2) is 5.13 Å². The third-order valence-corrected chi connectivity index (χ3v) is 4.75. The summed E-state index contributed by atoms with van der Waals surface area (Å²) in [6.45, 7) is 6.46. The lowest BCUT2D eigenvalue weighted by molar-refractivity contribution is 0.283. The maximum atomic E-state index is 9.52. The zero-order chi connectivity index (χ0) is 14.7. The first-order valence-corrected chi connectivity index (χ1v) is 7.79. The molecule has 0 saturated carbocycles. The molecule has 1 aromatic heterocycles. The topological polar surface area (TPSA) is 36.4 Å². The highest BCUT2D eigenvalue weighted by Gasteiger charge is 2.18. The minimum atomic E-state index is 0.0684. The second-order valence-electron chi connectivity index (χ2n) is 5.17. The molecule has 2 rings (SSSR count). The van der Waals surface area contributed by atoms with Gasteiger partial charge in [-0.05, 0) is 37.0 Å². The largest absolute Gasteiger partial charge is 0.391 e. The highest BCUT2D eigenvalue weighted by Crippen LogP contribution is 2.34. The van der Waals surface area contributed by atoms with Crippen molar-refractivity contribution in [2.24, 2.45) is 0 Å². The van der Waals surface area contributed by atoms with Gasteiger partial charge in [0, 0.05) is 12.7 Å². The fourth-order valence-corrected chi connectivity index (χ4v) is 3.16. The first-order chi connectivity index (χ1) is 9.56. The van der Waals surface area contributed by atoms with E-state index >= 15 is 0 Å². The number of thiazole rings is 1. The molecule has 108 valence electrons. The molecular weight excluding hydrogens is 268 g/mol. The minimum absolute atomic E-state index is 0.0684. The van der Waals surface area contributed by atoms with Crippen molar-refractivity contribution in [3.05, 3.63) is 40.4 Å². The van der Waals surface area contributed by atoms with Gasteiger partial charge < -0.3 is 10.0 Å². The molecule has 0 aliphatic rings. The number of aromatic nitrogens is 1. The number of anilines is 2. The Morgan fingerprint density at radius 3 is 2.75 bits per heavy atom. The van der Waals surface area contributed by atoms with Crippen LogP contribution in [0.25, 0.3) is 0 Å². The fourth-order valence-electron chi connectivity index (χ4n) is 2.13. The minimum Gasteiger partial charge on any atom is -0.391 e. The van der Waals surface area contributed by atoms with Gasteiger partial charge in [0.05, 0.1) is 17.2 Å². The summed E-state index contributed by atoms with van der Waals surface area (Å²) >= 11 is 1.58. The summed E-state index contributed by atoms with van der Waals surface area (Å²) in [7, 11) is 2.02. The van der Waals surface area contributed by atoms with Crippen molar-refractivity contribution in [3.8, 4) is 0 Å². The summed E-state index contributed by atoms with van der Waals surface area (Å²) in [6, 6.07) is 8.36. The predicted octanol–water partition coefficient (Wildman–Crippen LogP) is 4.23. The van der Waals surface area contributed by atoms with E-state index in [0.717, 1.165) is 27.8 Å². The molecule has 1 heterocycles. The van der Waals surface area contributed by atoms with Crippen LogP contribution >= 0.6 is 11.3 Å². The van der Waals surface area contributed by atoms with E-state index in [9.17, 15) is 5.11 Å². The van der Waals surface area contributed by atoms with Gasteiger partial charge in [-0.1, -0.05) is 37.3 Å². The van der Waals surface area contributed by atoms with Crippen molar-refractivity contribution in [2.75, 3.05) is 11.9 Å². The average molecular weight is 290 g/mol. The summed E-state index contributed by atoms with van der Waals surface area (Å²) in [5.74, 6) is 0.382. The summed E-state index contributed by atoms with van der Waals surface area (Å²) in [5, 5.41) is 10.5. The molecule has 0 bridgehead atoms. The van der Waals surface area contributed by atoms with E-state index in [1.807, 2.05) is 7.05 Å². The van der Waals surface area contributed by atoms with Crippen molar-refractivity contribution in [1.29, 1.82) is 0 Å². The van der Waals surface area contributed by atoms with Gasteiger partial charge in [0.1, 0.15) is 0 Å². The average Bonchev–Trinajstić information content (AvgIpc) is 2.89. The quantitative estimate of drug-likeness (QED) is 0.895. The number of nitrogens with zero attached hydrogens (tertiary/aromatic N) is 2. The van der Waals surface area contributed by atoms with Crippen LogP contribution in [-0.2, 0) is 6.61 Å². The van der Waals surface area contributed by atoms with Crippen molar-refractivity contribution in [3.63, 3.8) is 0 Å². The van der Waals surface area contributed by atoms with Gasteiger partial charge in [-0.15, -0.1) is 0 Å². The number of aliphatic hydroxyl groups is 1. The van der Waals surface area contributed by atoms with E-state index in [1.54, 1.807) is 11.3 Å². The van der Waals surface area contributed by atoms with Gasteiger partial charge in [0.25, 0.3) is 0 Å². The normalized spacial score (nSPS) is 12.4. The van der Waals surface area contributed by atoms with Crippen LogP contribution in [0.3, 0.4) is 0 Å². The molecule has 0 radical (unpaired) electrons. The Morgan fingerprint density at radius 1 is 1.40 bits per heavy atom. The Bertz CT molecular complexity index is 580. The Kier molecular flexibility index (Phi) is 4.78. The van der Waals surface area contributed by atoms with Crippen molar-refractivity contribution in [1.82, 2.24) is 4.98 Å². The van der Waals surface area contributed by atoms with E-state index in [0.29, 0.717) is 5.92 Å². The molecule has 0 fully saturated rings. The number of benzene rings is 1. The van der Waals surface area contributed by atoms with Crippen molar-refractivity contribution >= 4 is 22.2 Å². The lowest BCUT2D eigenvalue weighted by Crippen LogP contribution is -2.09. The summed E-state index contributed by atoms with van der Waals surface area (Å²) in [4.78, 5) is 7.81. The molecule has 0 aliphatic heterocycles. The number of aryl methyl sites for hydroxylation is 1. The second-order valence-corrected chi connectivity index (χ2v) is 6.23. The fraction of sp³-hybridized carbons (Fsp3) is 0.438. The van der Waals surface area contributed by atoms with Crippen LogP contribution in [0.4, 0.5) is 10.8 Å². The van der Waals surface area contributed by atoms with Crippen LogP contribution in [0.1, 0.15) is 42.3 Å². The summed E-state index contributed by atoms with van der Waals surface area (Å²) in [5.41, 5.74) is 3.39. The van der Waals surface area contributed by atoms with Crippen molar-refractivity contribution < 1.29 is 5.11 Å². The molecule has 1 aromatic carbocycles. The molecule has 1 N–H and O–H groups in total.